The average molecular weight is 183 g/mol. The van der Waals surface area contributed by atoms with Crippen molar-refractivity contribution in [3.05, 3.63) is 0 Å². The number of hydrogen-bond donors (Lipinski definition) is 0. The number of nitrogens with zero attached hydrogens (tertiary/aromatic N) is 1. The molecule has 3 nitrogen and oxygen atoms in total. The van der Waals surface area contributed by atoms with Gasteiger partial charge in [-0.25, -0.2) is 0 Å². The largest absolute Gasteiger partial charge is 0.375 e. The summed E-state index contributed by atoms with van der Waals surface area (Å²) < 4.78 is 5.51. The summed E-state index contributed by atoms with van der Waals surface area (Å²) in [6.45, 7) is 4.43. The van der Waals surface area contributed by atoms with E-state index < -0.39 is 0 Å². The Bertz CT molecular complexity index is 201. The molecule has 1 atom stereocenters. The number of amides is 1. The minimum Gasteiger partial charge on any atom is -0.375 e. The van der Waals surface area contributed by atoms with Gasteiger partial charge in [0, 0.05) is 19.0 Å². The second-order valence-electron chi connectivity index (χ2n) is 3.96. The summed E-state index contributed by atoms with van der Waals surface area (Å²) in [4.78, 5) is 13.7. The van der Waals surface area contributed by atoms with Crippen molar-refractivity contribution in [2.24, 2.45) is 5.92 Å². The second kappa shape index (κ2) is 3.66. The van der Waals surface area contributed by atoms with Crippen LogP contribution in [0, 0.1) is 5.92 Å². The first kappa shape index (κ1) is 9.00. The Labute approximate surface area is 79.0 Å². The molecule has 1 amide bonds. The van der Waals surface area contributed by atoms with Crippen LogP contribution in [-0.2, 0) is 9.53 Å². The van der Waals surface area contributed by atoms with Crippen molar-refractivity contribution in [3.63, 3.8) is 0 Å². The number of morpholine rings is 1. The molecule has 0 spiro atoms. The van der Waals surface area contributed by atoms with E-state index in [2.05, 4.69) is 6.92 Å². The van der Waals surface area contributed by atoms with Gasteiger partial charge in [-0.15, -0.1) is 0 Å². The fraction of sp³-hybridized carbons (Fsp3) is 0.900. The van der Waals surface area contributed by atoms with Crippen molar-refractivity contribution < 1.29 is 9.53 Å². The van der Waals surface area contributed by atoms with Gasteiger partial charge in [0.05, 0.1) is 12.7 Å². The van der Waals surface area contributed by atoms with Crippen LogP contribution < -0.4 is 0 Å². The van der Waals surface area contributed by atoms with E-state index in [4.69, 9.17) is 4.74 Å². The lowest BCUT2D eigenvalue weighted by Gasteiger charge is -2.32. The monoisotopic (exact) mass is 183 g/mol. The maximum absolute atomic E-state index is 11.7. The number of hydrogen-bond acceptors (Lipinski definition) is 2. The van der Waals surface area contributed by atoms with E-state index in [1.54, 1.807) is 0 Å². The van der Waals surface area contributed by atoms with Crippen LogP contribution in [0.1, 0.15) is 26.2 Å². The second-order valence-corrected chi connectivity index (χ2v) is 3.96. The number of carbonyl (C=O) groups excluding carboxylic acids is 1. The highest BCUT2D eigenvalue weighted by Gasteiger charge is 2.35. The summed E-state index contributed by atoms with van der Waals surface area (Å²) in [5.74, 6) is 0.720. The van der Waals surface area contributed by atoms with Crippen molar-refractivity contribution in [3.8, 4) is 0 Å². The Morgan fingerprint density at radius 3 is 2.92 bits per heavy atom. The van der Waals surface area contributed by atoms with Crippen molar-refractivity contribution in [1.82, 2.24) is 4.90 Å². The van der Waals surface area contributed by atoms with Gasteiger partial charge in [0.2, 0.25) is 5.91 Å². The Morgan fingerprint density at radius 1 is 1.54 bits per heavy atom. The molecule has 0 radical (unpaired) electrons. The smallest absolute Gasteiger partial charge is 0.225 e. The van der Waals surface area contributed by atoms with Gasteiger partial charge in [0.25, 0.3) is 0 Å². The minimum atomic E-state index is 0.274. The first-order valence-electron chi connectivity index (χ1n) is 5.21. The zero-order chi connectivity index (χ0) is 9.26. The van der Waals surface area contributed by atoms with E-state index in [0.29, 0.717) is 11.8 Å². The van der Waals surface area contributed by atoms with Gasteiger partial charge in [-0.2, -0.15) is 0 Å². The highest BCUT2D eigenvalue weighted by Crippen LogP contribution is 2.31. The van der Waals surface area contributed by atoms with Crippen molar-refractivity contribution >= 4 is 5.91 Å². The Hall–Kier alpha value is -0.570. The summed E-state index contributed by atoms with van der Waals surface area (Å²) in [5.41, 5.74) is 0. The van der Waals surface area contributed by atoms with Crippen LogP contribution in [-0.4, -0.2) is 36.6 Å². The summed E-state index contributed by atoms with van der Waals surface area (Å²) >= 11 is 0. The van der Waals surface area contributed by atoms with E-state index in [1.807, 2.05) is 4.90 Å². The van der Waals surface area contributed by atoms with E-state index in [0.717, 1.165) is 39.0 Å². The molecule has 1 aliphatic carbocycles. The van der Waals surface area contributed by atoms with Crippen LogP contribution in [0.25, 0.3) is 0 Å². The number of carbonyl (C=O) groups is 1. The molecule has 1 saturated carbocycles. The van der Waals surface area contributed by atoms with E-state index in [-0.39, 0.29) is 6.10 Å². The van der Waals surface area contributed by atoms with Gasteiger partial charge < -0.3 is 9.64 Å². The SMILES string of the molecule is CC[C@H]1CN(C(=O)C2CC2)CCO1. The quantitative estimate of drug-likeness (QED) is 0.640. The molecule has 2 fully saturated rings. The van der Waals surface area contributed by atoms with Crippen molar-refractivity contribution in [2.75, 3.05) is 19.7 Å². The van der Waals surface area contributed by atoms with Crippen LogP contribution in [0.5, 0.6) is 0 Å². The molecule has 74 valence electrons. The van der Waals surface area contributed by atoms with Crippen molar-refractivity contribution in [1.29, 1.82) is 0 Å². The molecule has 3 heteroatoms. The molecule has 0 bridgehead atoms. The molecule has 1 aliphatic heterocycles. The molecule has 2 aliphatic rings. The third kappa shape index (κ3) is 2.02. The lowest BCUT2D eigenvalue weighted by molar-refractivity contribution is -0.140. The lowest BCUT2D eigenvalue weighted by Crippen LogP contribution is -2.46. The van der Waals surface area contributed by atoms with Gasteiger partial charge in [0.15, 0.2) is 0 Å². The van der Waals surface area contributed by atoms with Gasteiger partial charge in [-0.1, -0.05) is 6.92 Å². The summed E-state index contributed by atoms with van der Waals surface area (Å²) in [6.07, 6.45) is 3.49. The van der Waals surface area contributed by atoms with Crippen LogP contribution in [0.15, 0.2) is 0 Å². The van der Waals surface area contributed by atoms with Gasteiger partial charge in [-0.05, 0) is 19.3 Å². The Kier molecular flexibility index (Phi) is 2.54. The summed E-state index contributed by atoms with van der Waals surface area (Å²) in [7, 11) is 0. The third-order valence-electron chi connectivity index (χ3n) is 2.83. The predicted octanol–water partition coefficient (Wildman–Crippen LogP) is 1.03. The van der Waals surface area contributed by atoms with E-state index in [1.165, 1.54) is 0 Å². The van der Waals surface area contributed by atoms with Crippen LogP contribution in [0.3, 0.4) is 0 Å². The molecule has 1 heterocycles. The lowest BCUT2D eigenvalue weighted by atomic mass is 10.2. The minimum absolute atomic E-state index is 0.274. The van der Waals surface area contributed by atoms with E-state index >= 15 is 0 Å². The molecular formula is C10H17NO2. The third-order valence-corrected chi connectivity index (χ3v) is 2.83. The number of ether oxygens (including phenoxy) is 1. The normalized spacial score (nSPS) is 29.0. The maximum atomic E-state index is 11.7. The topological polar surface area (TPSA) is 29.5 Å². The Balaban J connectivity index is 1.87. The molecule has 0 aromatic heterocycles. The molecule has 1 saturated heterocycles. The fourth-order valence-corrected chi connectivity index (χ4v) is 1.75. The first-order valence-corrected chi connectivity index (χ1v) is 5.21. The van der Waals surface area contributed by atoms with Gasteiger partial charge >= 0.3 is 0 Å². The zero-order valence-corrected chi connectivity index (χ0v) is 8.16. The van der Waals surface area contributed by atoms with Gasteiger partial charge in [-0.3, -0.25) is 4.79 Å². The molecule has 0 aromatic carbocycles. The summed E-state index contributed by atoms with van der Waals surface area (Å²) in [5, 5.41) is 0. The predicted molar refractivity (Wildman–Crippen MR) is 49.3 cm³/mol. The molecule has 0 N–H and O–H groups in total. The average Bonchev–Trinajstić information content (AvgIpc) is 3.00. The van der Waals surface area contributed by atoms with Crippen LogP contribution >= 0.6 is 0 Å². The van der Waals surface area contributed by atoms with Crippen molar-refractivity contribution in [2.45, 2.75) is 32.3 Å². The number of rotatable bonds is 2. The molecule has 13 heavy (non-hydrogen) atoms. The maximum Gasteiger partial charge on any atom is 0.225 e. The van der Waals surface area contributed by atoms with Crippen LogP contribution in [0.4, 0.5) is 0 Å². The highest BCUT2D eigenvalue weighted by atomic mass is 16.5. The van der Waals surface area contributed by atoms with E-state index in [9.17, 15) is 4.79 Å². The standard InChI is InChI=1S/C10H17NO2/c1-2-9-7-11(5-6-13-9)10(12)8-3-4-8/h8-9H,2-7H2,1H3/t9-/m0/s1. The van der Waals surface area contributed by atoms with Crippen LogP contribution in [0.2, 0.25) is 0 Å². The highest BCUT2D eigenvalue weighted by molar-refractivity contribution is 5.81. The Morgan fingerprint density at radius 2 is 2.31 bits per heavy atom. The molecule has 0 aromatic rings. The molecule has 2 rings (SSSR count). The zero-order valence-electron chi connectivity index (χ0n) is 8.16. The fourth-order valence-electron chi connectivity index (χ4n) is 1.75. The first-order chi connectivity index (χ1) is 6.31. The van der Waals surface area contributed by atoms with Gasteiger partial charge in [0.1, 0.15) is 0 Å². The molecule has 0 unspecified atom stereocenters. The summed E-state index contributed by atoms with van der Waals surface area (Å²) in [6, 6.07) is 0. The molecular weight excluding hydrogens is 166 g/mol.